The van der Waals surface area contributed by atoms with Crippen LogP contribution < -0.4 is 0 Å². The fourth-order valence-electron chi connectivity index (χ4n) is 3.19. The van der Waals surface area contributed by atoms with E-state index in [2.05, 4.69) is 27.8 Å². The zero-order valence-electron chi connectivity index (χ0n) is 15.4. The summed E-state index contributed by atoms with van der Waals surface area (Å²) in [5, 5.41) is 11.6. The van der Waals surface area contributed by atoms with Gasteiger partial charge in [0.1, 0.15) is 0 Å². The monoisotopic (exact) mass is 394 g/mol. The highest BCUT2D eigenvalue weighted by Gasteiger charge is 2.22. The second-order valence-electron chi connectivity index (χ2n) is 6.66. The molecule has 142 valence electrons. The van der Waals surface area contributed by atoms with Gasteiger partial charge in [-0.3, -0.25) is 4.79 Å². The molecule has 1 aliphatic heterocycles. The van der Waals surface area contributed by atoms with Crippen molar-refractivity contribution in [2.75, 3.05) is 32.6 Å². The van der Waals surface area contributed by atoms with E-state index in [1.165, 1.54) is 18.2 Å². The third-order valence-electron chi connectivity index (χ3n) is 4.52. The van der Waals surface area contributed by atoms with Crippen LogP contribution in [0.3, 0.4) is 0 Å². The predicted octanol–water partition coefficient (Wildman–Crippen LogP) is 3.39. The van der Waals surface area contributed by atoms with E-state index in [9.17, 15) is 4.79 Å². The topological polar surface area (TPSA) is 60.2 Å². The largest absolute Gasteiger partial charge is 0.385 e. The SMILES string of the molecule is COCCCn1c(SCC(=O)N2CCCC(C)C2)nnc1-c1cccs1. The molecule has 0 aliphatic carbocycles. The Morgan fingerprint density at radius 1 is 1.46 bits per heavy atom. The van der Waals surface area contributed by atoms with Crippen LogP contribution in [-0.2, 0) is 16.1 Å². The van der Waals surface area contributed by atoms with Gasteiger partial charge in [-0.2, -0.15) is 0 Å². The summed E-state index contributed by atoms with van der Waals surface area (Å²) in [4.78, 5) is 15.6. The van der Waals surface area contributed by atoms with Gasteiger partial charge < -0.3 is 14.2 Å². The number of hydrogen-bond donors (Lipinski definition) is 0. The van der Waals surface area contributed by atoms with Gasteiger partial charge in [-0.25, -0.2) is 0 Å². The average Bonchev–Trinajstić information content (AvgIpc) is 3.29. The normalized spacial score (nSPS) is 17.6. The molecule has 0 N–H and O–H groups in total. The first kappa shape index (κ1) is 19.4. The van der Waals surface area contributed by atoms with Crippen molar-refractivity contribution in [3.63, 3.8) is 0 Å². The van der Waals surface area contributed by atoms with Gasteiger partial charge in [-0.1, -0.05) is 24.8 Å². The van der Waals surface area contributed by atoms with Gasteiger partial charge in [0.05, 0.1) is 10.6 Å². The maximum Gasteiger partial charge on any atom is 0.233 e. The summed E-state index contributed by atoms with van der Waals surface area (Å²) < 4.78 is 7.29. The number of piperidine rings is 1. The summed E-state index contributed by atoms with van der Waals surface area (Å²) in [5.74, 6) is 2.09. The van der Waals surface area contributed by atoms with Gasteiger partial charge >= 0.3 is 0 Å². The van der Waals surface area contributed by atoms with Gasteiger partial charge in [0, 0.05) is 33.4 Å². The highest BCUT2D eigenvalue weighted by molar-refractivity contribution is 7.99. The number of nitrogens with zero attached hydrogens (tertiary/aromatic N) is 4. The smallest absolute Gasteiger partial charge is 0.233 e. The number of thiophene rings is 1. The molecule has 2 aromatic heterocycles. The van der Waals surface area contributed by atoms with Crippen LogP contribution in [0, 0.1) is 5.92 Å². The number of carbonyl (C=O) groups is 1. The van der Waals surface area contributed by atoms with Crippen molar-refractivity contribution in [2.45, 2.75) is 37.9 Å². The van der Waals surface area contributed by atoms with E-state index in [0.717, 1.165) is 48.3 Å². The summed E-state index contributed by atoms with van der Waals surface area (Å²) in [6, 6.07) is 4.07. The number of hydrogen-bond acceptors (Lipinski definition) is 6. The van der Waals surface area contributed by atoms with Gasteiger partial charge in [0.15, 0.2) is 11.0 Å². The molecule has 2 aromatic rings. The Kier molecular flexibility index (Phi) is 7.10. The minimum atomic E-state index is 0.200. The van der Waals surface area contributed by atoms with Crippen LogP contribution in [0.1, 0.15) is 26.2 Å². The lowest BCUT2D eigenvalue weighted by molar-refractivity contribution is -0.130. The fourth-order valence-corrected chi connectivity index (χ4v) is 4.77. The quantitative estimate of drug-likeness (QED) is 0.507. The molecule has 3 heterocycles. The number of likely N-dealkylation sites (tertiary alicyclic amines) is 1. The lowest BCUT2D eigenvalue weighted by Gasteiger charge is -2.30. The molecule has 1 unspecified atom stereocenters. The summed E-state index contributed by atoms with van der Waals surface area (Å²) in [5.41, 5.74) is 0. The highest BCUT2D eigenvalue weighted by atomic mass is 32.2. The van der Waals surface area contributed by atoms with Gasteiger partial charge in [0.2, 0.25) is 5.91 Å². The highest BCUT2D eigenvalue weighted by Crippen LogP contribution is 2.28. The second kappa shape index (κ2) is 9.53. The first-order chi connectivity index (χ1) is 12.7. The minimum absolute atomic E-state index is 0.200. The molecule has 8 heteroatoms. The first-order valence-corrected chi connectivity index (χ1v) is 10.9. The van der Waals surface area contributed by atoms with Crippen molar-refractivity contribution >= 4 is 29.0 Å². The zero-order chi connectivity index (χ0) is 18.4. The molecule has 0 saturated carbocycles. The van der Waals surface area contributed by atoms with Gasteiger partial charge in [-0.15, -0.1) is 21.5 Å². The lowest BCUT2D eigenvalue weighted by Crippen LogP contribution is -2.40. The molecule has 1 amide bonds. The standard InChI is InChI=1S/C18H26N4O2S2/c1-14-6-3-8-21(12-14)16(23)13-26-18-20-19-17(15-7-4-11-25-15)22(18)9-5-10-24-2/h4,7,11,14H,3,5-6,8-10,12-13H2,1-2H3. The number of amides is 1. The number of carbonyl (C=O) groups excluding carboxylic acids is 1. The zero-order valence-corrected chi connectivity index (χ0v) is 17.0. The van der Waals surface area contributed by atoms with Crippen LogP contribution in [-0.4, -0.2) is 58.1 Å². The Morgan fingerprint density at radius 2 is 2.35 bits per heavy atom. The third-order valence-corrected chi connectivity index (χ3v) is 6.34. The van der Waals surface area contributed by atoms with E-state index in [-0.39, 0.29) is 5.91 Å². The number of rotatable bonds is 8. The predicted molar refractivity (Wildman–Crippen MR) is 106 cm³/mol. The molecular weight excluding hydrogens is 368 g/mol. The summed E-state index contributed by atoms with van der Waals surface area (Å²) in [7, 11) is 1.71. The fraction of sp³-hybridized carbons (Fsp3) is 0.611. The van der Waals surface area contributed by atoms with Crippen molar-refractivity contribution in [1.29, 1.82) is 0 Å². The molecular formula is C18H26N4O2S2. The molecule has 0 bridgehead atoms. The number of ether oxygens (including phenoxy) is 1. The summed E-state index contributed by atoms with van der Waals surface area (Å²) >= 11 is 3.14. The Hall–Kier alpha value is -1.38. The van der Waals surface area contributed by atoms with E-state index < -0.39 is 0 Å². The molecule has 1 atom stereocenters. The average molecular weight is 395 g/mol. The van der Waals surface area contributed by atoms with E-state index in [1.54, 1.807) is 18.4 Å². The molecule has 3 rings (SSSR count). The van der Waals surface area contributed by atoms with Crippen LogP contribution in [0.5, 0.6) is 0 Å². The molecule has 6 nitrogen and oxygen atoms in total. The van der Waals surface area contributed by atoms with Crippen LogP contribution in [0.25, 0.3) is 10.7 Å². The summed E-state index contributed by atoms with van der Waals surface area (Å²) in [6.45, 7) is 5.44. The maximum atomic E-state index is 12.6. The van der Waals surface area contributed by atoms with Crippen molar-refractivity contribution in [3.05, 3.63) is 17.5 Å². The van der Waals surface area contributed by atoms with Crippen LogP contribution in [0.2, 0.25) is 0 Å². The van der Waals surface area contributed by atoms with Crippen molar-refractivity contribution < 1.29 is 9.53 Å². The molecule has 0 aromatic carbocycles. The third kappa shape index (κ3) is 4.86. The van der Waals surface area contributed by atoms with E-state index in [4.69, 9.17) is 4.74 Å². The number of thioether (sulfide) groups is 1. The molecule has 1 saturated heterocycles. The maximum absolute atomic E-state index is 12.6. The molecule has 26 heavy (non-hydrogen) atoms. The van der Waals surface area contributed by atoms with E-state index in [0.29, 0.717) is 18.3 Å². The van der Waals surface area contributed by atoms with E-state index >= 15 is 0 Å². The van der Waals surface area contributed by atoms with Gasteiger partial charge in [-0.05, 0) is 36.6 Å². The van der Waals surface area contributed by atoms with Crippen LogP contribution >= 0.6 is 23.1 Å². The summed E-state index contributed by atoms with van der Waals surface area (Å²) in [6.07, 6.45) is 3.21. The van der Waals surface area contributed by atoms with Crippen LogP contribution in [0.15, 0.2) is 22.7 Å². The lowest BCUT2D eigenvalue weighted by atomic mass is 10.0. The second-order valence-corrected chi connectivity index (χ2v) is 8.55. The van der Waals surface area contributed by atoms with Gasteiger partial charge in [0.25, 0.3) is 0 Å². The molecule has 0 radical (unpaired) electrons. The molecule has 0 spiro atoms. The van der Waals surface area contributed by atoms with Crippen LogP contribution in [0.4, 0.5) is 0 Å². The van der Waals surface area contributed by atoms with Crippen molar-refractivity contribution in [2.24, 2.45) is 5.92 Å². The Morgan fingerprint density at radius 3 is 3.08 bits per heavy atom. The molecule has 1 aliphatic rings. The minimum Gasteiger partial charge on any atom is -0.385 e. The van der Waals surface area contributed by atoms with Crippen molar-refractivity contribution in [3.8, 4) is 10.7 Å². The Balaban J connectivity index is 1.67. The first-order valence-electron chi connectivity index (χ1n) is 9.05. The van der Waals surface area contributed by atoms with E-state index in [1.807, 2.05) is 16.3 Å². The molecule has 1 fully saturated rings. The Labute approximate surface area is 162 Å². The van der Waals surface area contributed by atoms with Crippen molar-refractivity contribution in [1.82, 2.24) is 19.7 Å². The Bertz CT molecular complexity index is 702. The number of aromatic nitrogens is 3. The number of methoxy groups -OCH3 is 1.